The Balaban J connectivity index is 1.74. The van der Waals surface area contributed by atoms with Gasteiger partial charge in [-0.2, -0.15) is 0 Å². The van der Waals surface area contributed by atoms with Crippen LogP contribution in [0.5, 0.6) is 5.88 Å². The van der Waals surface area contributed by atoms with Gasteiger partial charge in [0, 0.05) is 24.7 Å². The van der Waals surface area contributed by atoms with Crippen LogP contribution in [0.3, 0.4) is 0 Å². The average molecular weight is 244 g/mol. The summed E-state index contributed by atoms with van der Waals surface area (Å²) in [5.41, 5.74) is 0. The fourth-order valence-corrected chi connectivity index (χ4v) is 2.11. The van der Waals surface area contributed by atoms with Crippen LogP contribution in [0.4, 0.5) is 0 Å². The quantitative estimate of drug-likeness (QED) is 0.890. The van der Waals surface area contributed by atoms with Gasteiger partial charge in [-0.25, -0.2) is 4.98 Å². The molecule has 3 rings (SSSR count). The molecule has 0 amide bonds. The molecule has 0 bridgehead atoms. The van der Waals surface area contributed by atoms with Gasteiger partial charge in [0.15, 0.2) is 0 Å². The predicted octanol–water partition coefficient (Wildman–Crippen LogP) is 1.60. The molecule has 1 N–H and O–H groups in total. The van der Waals surface area contributed by atoms with Gasteiger partial charge in [-0.3, -0.25) is 0 Å². The van der Waals surface area contributed by atoms with Crippen LogP contribution in [0.2, 0.25) is 0 Å². The number of nitrogens with zero attached hydrogens (tertiary/aromatic N) is 1. The number of aromatic nitrogens is 1. The molecular formula is C14H16N2O2. The summed E-state index contributed by atoms with van der Waals surface area (Å²) in [7, 11) is 0. The van der Waals surface area contributed by atoms with E-state index in [0.29, 0.717) is 12.5 Å². The molecule has 2 heterocycles. The minimum absolute atomic E-state index is 0.111. The molecule has 1 saturated heterocycles. The molecule has 4 heteroatoms. The first-order chi connectivity index (χ1) is 8.93. The zero-order valence-corrected chi connectivity index (χ0v) is 10.1. The molecule has 4 nitrogen and oxygen atoms in total. The van der Waals surface area contributed by atoms with Gasteiger partial charge in [0.1, 0.15) is 12.7 Å². The molecule has 94 valence electrons. The molecule has 18 heavy (non-hydrogen) atoms. The van der Waals surface area contributed by atoms with E-state index in [-0.39, 0.29) is 6.10 Å². The number of nitrogens with one attached hydrogen (secondary N) is 1. The maximum absolute atomic E-state index is 5.78. The fourth-order valence-electron chi connectivity index (χ4n) is 2.11. The molecule has 1 aromatic carbocycles. The maximum atomic E-state index is 5.78. The molecule has 0 aliphatic carbocycles. The zero-order valence-electron chi connectivity index (χ0n) is 10.1. The normalized spacial score (nSPS) is 19.9. The van der Waals surface area contributed by atoms with Gasteiger partial charge in [0.2, 0.25) is 5.88 Å². The van der Waals surface area contributed by atoms with Crippen molar-refractivity contribution in [3.05, 3.63) is 36.5 Å². The third-order valence-corrected chi connectivity index (χ3v) is 3.05. The second kappa shape index (κ2) is 5.33. The van der Waals surface area contributed by atoms with Crippen molar-refractivity contribution in [2.75, 3.05) is 26.3 Å². The minimum Gasteiger partial charge on any atom is -0.474 e. The Morgan fingerprint density at radius 1 is 1.33 bits per heavy atom. The Morgan fingerprint density at radius 2 is 2.28 bits per heavy atom. The lowest BCUT2D eigenvalue weighted by Gasteiger charge is -2.23. The monoisotopic (exact) mass is 244 g/mol. The van der Waals surface area contributed by atoms with Crippen molar-refractivity contribution < 1.29 is 9.47 Å². The van der Waals surface area contributed by atoms with Crippen molar-refractivity contribution in [3.8, 4) is 5.88 Å². The van der Waals surface area contributed by atoms with Crippen LogP contribution in [0, 0.1) is 0 Å². The summed E-state index contributed by atoms with van der Waals surface area (Å²) in [6.45, 7) is 3.04. The van der Waals surface area contributed by atoms with E-state index in [1.807, 2.05) is 24.3 Å². The molecular weight excluding hydrogens is 228 g/mol. The Bertz CT molecular complexity index is 519. The van der Waals surface area contributed by atoms with E-state index in [1.54, 1.807) is 6.20 Å². The van der Waals surface area contributed by atoms with E-state index >= 15 is 0 Å². The van der Waals surface area contributed by atoms with Gasteiger partial charge >= 0.3 is 0 Å². The lowest BCUT2D eigenvalue weighted by Crippen LogP contribution is -2.41. The molecule has 2 aromatic rings. The van der Waals surface area contributed by atoms with E-state index in [2.05, 4.69) is 16.4 Å². The van der Waals surface area contributed by atoms with Crippen LogP contribution < -0.4 is 10.1 Å². The first-order valence-corrected chi connectivity index (χ1v) is 6.22. The topological polar surface area (TPSA) is 43.4 Å². The summed E-state index contributed by atoms with van der Waals surface area (Å²) in [4.78, 5) is 4.29. The Kier molecular flexibility index (Phi) is 3.39. The van der Waals surface area contributed by atoms with E-state index in [9.17, 15) is 0 Å². The summed E-state index contributed by atoms with van der Waals surface area (Å²) in [6.07, 6.45) is 1.89. The third kappa shape index (κ3) is 2.44. The molecule has 1 aliphatic rings. The van der Waals surface area contributed by atoms with E-state index in [1.165, 1.54) is 0 Å². The second-order valence-electron chi connectivity index (χ2n) is 4.35. The number of ether oxygens (including phenoxy) is 2. The van der Waals surface area contributed by atoms with Gasteiger partial charge in [-0.05, 0) is 17.5 Å². The lowest BCUT2D eigenvalue weighted by atomic mass is 10.2. The highest BCUT2D eigenvalue weighted by molar-refractivity contribution is 5.86. The molecule has 1 unspecified atom stereocenters. The predicted molar refractivity (Wildman–Crippen MR) is 69.8 cm³/mol. The standard InChI is InChI=1S/C14H16N2O2/c1-2-4-13-11(3-1)5-6-16-14(13)18-10-12-9-15-7-8-17-12/h1-6,12,15H,7-10H2. The van der Waals surface area contributed by atoms with Crippen molar-refractivity contribution in [2.24, 2.45) is 0 Å². The summed E-state index contributed by atoms with van der Waals surface area (Å²) in [5.74, 6) is 0.683. The van der Waals surface area contributed by atoms with Crippen LogP contribution in [0.25, 0.3) is 10.8 Å². The maximum Gasteiger partial charge on any atom is 0.221 e. The van der Waals surface area contributed by atoms with Gasteiger partial charge in [0.05, 0.1) is 6.61 Å². The highest BCUT2D eigenvalue weighted by Gasteiger charge is 2.14. The van der Waals surface area contributed by atoms with Crippen molar-refractivity contribution in [3.63, 3.8) is 0 Å². The Hall–Kier alpha value is -1.65. The van der Waals surface area contributed by atoms with E-state index in [0.717, 1.165) is 30.5 Å². The van der Waals surface area contributed by atoms with Crippen molar-refractivity contribution >= 4 is 10.8 Å². The summed E-state index contributed by atoms with van der Waals surface area (Å²) in [5, 5.41) is 5.47. The third-order valence-electron chi connectivity index (χ3n) is 3.05. The first kappa shape index (κ1) is 11.4. The summed E-state index contributed by atoms with van der Waals surface area (Å²) in [6, 6.07) is 10.1. The number of pyridine rings is 1. The second-order valence-corrected chi connectivity index (χ2v) is 4.35. The molecule has 0 spiro atoms. The zero-order chi connectivity index (χ0) is 12.2. The summed E-state index contributed by atoms with van der Waals surface area (Å²) >= 11 is 0. The Morgan fingerprint density at radius 3 is 3.17 bits per heavy atom. The molecule has 1 aromatic heterocycles. The number of hydrogen-bond acceptors (Lipinski definition) is 4. The van der Waals surface area contributed by atoms with Gasteiger partial charge in [0.25, 0.3) is 0 Å². The van der Waals surface area contributed by atoms with Crippen LogP contribution in [-0.2, 0) is 4.74 Å². The van der Waals surface area contributed by atoms with Crippen LogP contribution in [0.15, 0.2) is 36.5 Å². The largest absolute Gasteiger partial charge is 0.474 e. The van der Waals surface area contributed by atoms with Crippen LogP contribution in [-0.4, -0.2) is 37.4 Å². The average Bonchev–Trinajstić information content (AvgIpc) is 2.46. The van der Waals surface area contributed by atoms with E-state index < -0.39 is 0 Å². The first-order valence-electron chi connectivity index (χ1n) is 6.22. The van der Waals surface area contributed by atoms with Gasteiger partial charge < -0.3 is 14.8 Å². The Labute approximate surface area is 106 Å². The van der Waals surface area contributed by atoms with Gasteiger partial charge in [-0.15, -0.1) is 0 Å². The molecule has 1 aliphatic heterocycles. The minimum atomic E-state index is 0.111. The molecule has 0 radical (unpaired) electrons. The highest BCUT2D eigenvalue weighted by Crippen LogP contribution is 2.22. The number of rotatable bonds is 3. The van der Waals surface area contributed by atoms with Crippen molar-refractivity contribution in [1.29, 1.82) is 0 Å². The van der Waals surface area contributed by atoms with Crippen molar-refractivity contribution in [1.82, 2.24) is 10.3 Å². The number of fused-ring (bicyclic) bond motifs is 1. The molecule has 0 saturated carbocycles. The molecule has 1 atom stereocenters. The number of morpholine rings is 1. The lowest BCUT2D eigenvalue weighted by molar-refractivity contribution is -0.000384. The van der Waals surface area contributed by atoms with Gasteiger partial charge in [-0.1, -0.05) is 18.2 Å². The van der Waals surface area contributed by atoms with E-state index in [4.69, 9.17) is 9.47 Å². The van der Waals surface area contributed by atoms with Crippen molar-refractivity contribution in [2.45, 2.75) is 6.10 Å². The highest BCUT2D eigenvalue weighted by atomic mass is 16.5. The number of benzene rings is 1. The fraction of sp³-hybridized carbons (Fsp3) is 0.357. The molecule has 1 fully saturated rings. The smallest absolute Gasteiger partial charge is 0.221 e. The van der Waals surface area contributed by atoms with Crippen LogP contribution >= 0.6 is 0 Å². The SMILES string of the molecule is c1ccc2c(OCC3CNCCO3)nccc2c1. The number of hydrogen-bond donors (Lipinski definition) is 1. The van der Waals surface area contributed by atoms with Crippen LogP contribution in [0.1, 0.15) is 0 Å². The summed E-state index contributed by atoms with van der Waals surface area (Å²) < 4.78 is 11.4.